The molecule has 3 aromatic rings. The van der Waals surface area contributed by atoms with Crippen LogP contribution in [0.1, 0.15) is 23.2 Å². The molecule has 10 nitrogen and oxygen atoms in total. The largest absolute Gasteiger partial charge is 0.414 e. The topological polar surface area (TPSA) is 133 Å². The second kappa shape index (κ2) is 10.8. The number of sulfonamides is 1. The van der Waals surface area contributed by atoms with Crippen LogP contribution < -0.4 is 15.4 Å². The Morgan fingerprint density at radius 1 is 1.09 bits per heavy atom. The van der Waals surface area contributed by atoms with E-state index in [1.54, 1.807) is 54.6 Å². The maximum absolute atomic E-state index is 12.7. The Hall–Kier alpha value is -2.93. The second-order valence-electron chi connectivity index (χ2n) is 7.68. The van der Waals surface area contributed by atoms with Gasteiger partial charge in [-0.1, -0.05) is 41.9 Å². The number of ether oxygens (including phenoxy) is 1. The zero-order valence-corrected chi connectivity index (χ0v) is 21.4. The average molecular weight is 583 g/mol. The summed E-state index contributed by atoms with van der Waals surface area (Å²) in [6, 6.07) is 14.5. The van der Waals surface area contributed by atoms with Crippen molar-refractivity contribution in [2.75, 3.05) is 18.4 Å². The molecule has 3 N–H and O–H groups in total. The van der Waals surface area contributed by atoms with E-state index in [-0.39, 0.29) is 45.8 Å². The van der Waals surface area contributed by atoms with Crippen molar-refractivity contribution in [1.82, 2.24) is 19.8 Å². The van der Waals surface area contributed by atoms with Crippen LogP contribution in [-0.2, 0) is 10.0 Å². The van der Waals surface area contributed by atoms with Crippen LogP contribution in [0.3, 0.4) is 0 Å². The molecule has 0 aliphatic carbocycles. The number of halogens is 2. The standard InChI is InChI=1S/C22H21BrClN5O5S/c23-18-19(26-20(30)16-8-4-5-9-17(16)24)27-28-21(18)34-22(31)25-14-10-12-29(13-11-14)35(32,33)15-6-2-1-3-7-15/h1-9,14H,10-13H2,(H,25,31)(H2,26,27,28,30). The number of benzene rings is 2. The molecule has 184 valence electrons. The Morgan fingerprint density at radius 2 is 1.74 bits per heavy atom. The first-order valence-electron chi connectivity index (χ1n) is 10.6. The lowest BCUT2D eigenvalue weighted by Crippen LogP contribution is -2.47. The number of H-pyrrole nitrogens is 1. The lowest BCUT2D eigenvalue weighted by Gasteiger charge is -2.31. The number of anilines is 1. The normalized spacial score (nSPS) is 14.9. The van der Waals surface area contributed by atoms with E-state index in [1.807, 2.05) is 0 Å². The maximum atomic E-state index is 12.7. The fourth-order valence-electron chi connectivity index (χ4n) is 3.55. The van der Waals surface area contributed by atoms with E-state index < -0.39 is 22.0 Å². The molecule has 1 aromatic heterocycles. The summed E-state index contributed by atoms with van der Waals surface area (Å²) in [4.78, 5) is 25.1. The quantitative estimate of drug-likeness (QED) is 0.402. The number of aromatic nitrogens is 2. The summed E-state index contributed by atoms with van der Waals surface area (Å²) in [6.07, 6.45) is 0.120. The Labute approximate surface area is 215 Å². The molecule has 0 unspecified atom stereocenters. The van der Waals surface area contributed by atoms with E-state index in [1.165, 1.54) is 4.31 Å². The lowest BCUT2D eigenvalue weighted by molar-refractivity contribution is 0.102. The highest BCUT2D eigenvalue weighted by Crippen LogP contribution is 2.30. The Morgan fingerprint density at radius 3 is 2.43 bits per heavy atom. The van der Waals surface area contributed by atoms with Gasteiger partial charge >= 0.3 is 6.09 Å². The van der Waals surface area contributed by atoms with Crippen molar-refractivity contribution >= 4 is 55.4 Å². The van der Waals surface area contributed by atoms with Gasteiger partial charge in [-0.05, 0) is 53.0 Å². The number of carbonyl (C=O) groups is 2. The zero-order chi connectivity index (χ0) is 25.0. The summed E-state index contributed by atoms with van der Waals surface area (Å²) < 4.78 is 32.4. The van der Waals surface area contributed by atoms with Crippen molar-refractivity contribution < 1.29 is 22.7 Å². The molecule has 0 radical (unpaired) electrons. The van der Waals surface area contributed by atoms with E-state index in [2.05, 4.69) is 36.8 Å². The van der Waals surface area contributed by atoms with Gasteiger partial charge in [-0.15, -0.1) is 5.10 Å². The number of rotatable bonds is 6. The van der Waals surface area contributed by atoms with Crippen LogP contribution in [0, 0.1) is 0 Å². The number of carbonyl (C=O) groups excluding carboxylic acids is 2. The van der Waals surface area contributed by atoms with Gasteiger partial charge in [0.25, 0.3) is 11.8 Å². The Balaban J connectivity index is 1.30. The Bertz CT molecular complexity index is 1330. The summed E-state index contributed by atoms with van der Waals surface area (Å²) in [7, 11) is -3.57. The number of hydrogen-bond acceptors (Lipinski definition) is 6. The summed E-state index contributed by atoms with van der Waals surface area (Å²) >= 11 is 9.30. The minimum Gasteiger partial charge on any atom is -0.388 e. The van der Waals surface area contributed by atoms with Crippen LogP contribution in [0.2, 0.25) is 5.02 Å². The molecule has 0 saturated carbocycles. The van der Waals surface area contributed by atoms with E-state index in [0.717, 1.165) is 0 Å². The van der Waals surface area contributed by atoms with Crippen LogP contribution in [0.25, 0.3) is 0 Å². The fourth-order valence-corrected chi connectivity index (χ4v) is 5.62. The molecule has 1 aliphatic heterocycles. The highest BCUT2D eigenvalue weighted by atomic mass is 79.9. The van der Waals surface area contributed by atoms with Gasteiger partial charge in [0.1, 0.15) is 10.3 Å². The molecular weight excluding hydrogens is 562 g/mol. The summed E-state index contributed by atoms with van der Waals surface area (Å²) in [5.41, 5.74) is 0.275. The van der Waals surface area contributed by atoms with Crippen LogP contribution in [0.4, 0.5) is 10.6 Å². The molecule has 1 saturated heterocycles. The third kappa shape index (κ3) is 5.84. The van der Waals surface area contributed by atoms with Gasteiger partial charge < -0.3 is 15.4 Å². The number of nitrogens with zero attached hydrogens (tertiary/aromatic N) is 2. The SMILES string of the molecule is O=C(NC1CCN(S(=O)(=O)c2ccccc2)CC1)Oc1n[nH]c(NC(=O)c2ccccc2Cl)c1Br. The third-order valence-electron chi connectivity index (χ3n) is 5.38. The number of nitrogens with one attached hydrogen (secondary N) is 3. The molecular formula is C22H21BrClN5O5S. The molecule has 2 aromatic carbocycles. The number of amides is 2. The second-order valence-corrected chi connectivity index (χ2v) is 10.8. The van der Waals surface area contributed by atoms with Gasteiger partial charge in [-0.25, -0.2) is 13.2 Å². The van der Waals surface area contributed by atoms with Crippen molar-refractivity contribution in [3.8, 4) is 5.88 Å². The summed E-state index contributed by atoms with van der Waals surface area (Å²) in [5.74, 6) is -0.341. The van der Waals surface area contributed by atoms with Crippen molar-refractivity contribution in [1.29, 1.82) is 0 Å². The highest BCUT2D eigenvalue weighted by molar-refractivity contribution is 9.10. The van der Waals surface area contributed by atoms with Crippen molar-refractivity contribution in [2.45, 2.75) is 23.8 Å². The smallest absolute Gasteiger partial charge is 0.388 e. The Kier molecular flexibility index (Phi) is 7.75. The van der Waals surface area contributed by atoms with Crippen LogP contribution >= 0.6 is 27.5 Å². The van der Waals surface area contributed by atoms with Crippen LogP contribution in [0.5, 0.6) is 5.88 Å². The molecule has 13 heteroatoms. The monoisotopic (exact) mass is 581 g/mol. The van der Waals surface area contributed by atoms with Gasteiger partial charge in [-0.2, -0.15) is 4.31 Å². The van der Waals surface area contributed by atoms with Crippen LogP contribution in [0.15, 0.2) is 64.0 Å². The minimum absolute atomic E-state index is 0.0685. The molecule has 35 heavy (non-hydrogen) atoms. The van der Waals surface area contributed by atoms with Gasteiger partial charge in [0.2, 0.25) is 10.0 Å². The maximum Gasteiger partial charge on any atom is 0.414 e. The average Bonchev–Trinajstić information content (AvgIpc) is 3.18. The molecule has 2 heterocycles. The van der Waals surface area contributed by atoms with Crippen molar-refractivity contribution in [3.05, 3.63) is 69.7 Å². The number of hydrogen-bond donors (Lipinski definition) is 3. The van der Waals surface area contributed by atoms with E-state index in [4.69, 9.17) is 16.3 Å². The van der Waals surface area contributed by atoms with Gasteiger partial charge in [0.05, 0.1) is 15.5 Å². The van der Waals surface area contributed by atoms with Crippen LogP contribution in [-0.4, -0.2) is 54.1 Å². The lowest BCUT2D eigenvalue weighted by atomic mass is 10.1. The molecule has 2 amide bonds. The number of aromatic amines is 1. The first-order chi connectivity index (χ1) is 16.8. The predicted octanol–water partition coefficient (Wildman–Crippen LogP) is 4.02. The molecule has 1 aliphatic rings. The summed E-state index contributed by atoms with van der Waals surface area (Å²) in [5, 5.41) is 12.1. The highest BCUT2D eigenvalue weighted by Gasteiger charge is 2.30. The predicted molar refractivity (Wildman–Crippen MR) is 133 cm³/mol. The first-order valence-corrected chi connectivity index (χ1v) is 13.2. The molecule has 0 atom stereocenters. The van der Waals surface area contributed by atoms with Gasteiger partial charge in [0, 0.05) is 19.1 Å². The van der Waals surface area contributed by atoms with Crippen molar-refractivity contribution in [2.24, 2.45) is 0 Å². The first kappa shape index (κ1) is 25.2. The molecule has 0 bridgehead atoms. The number of piperidine rings is 1. The molecule has 4 rings (SSSR count). The van der Waals surface area contributed by atoms with Crippen molar-refractivity contribution in [3.63, 3.8) is 0 Å². The minimum atomic E-state index is -3.57. The van der Waals surface area contributed by atoms with E-state index in [0.29, 0.717) is 17.9 Å². The molecule has 1 fully saturated rings. The molecule has 0 spiro atoms. The third-order valence-corrected chi connectivity index (χ3v) is 8.36. The van der Waals surface area contributed by atoms with Gasteiger partial charge in [-0.3, -0.25) is 9.89 Å². The van der Waals surface area contributed by atoms with E-state index >= 15 is 0 Å². The zero-order valence-electron chi connectivity index (χ0n) is 18.2. The van der Waals surface area contributed by atoms with E-state index in [9.17, 15) is 18.0 Å². The summed E-state index contributed by atoms with van der Waals surface area (Å²) in [6.45, 7) is 0.541. The fraction of sp³-hybridized carbons (Fsp3) is 0.227. The van der Waals surface area contributed by atoms with Gasteiger partial charge in [0.15, 0.2) is 0 Å².